The van der Waals surface area contributed by atoms with Gasteiger partial charge in [0.05, 0.1) is 10.9 Å². The van der Waals surface area contributed by atoms with Gasteiger partial charge in [0.1, 0.15) is 5.38 Å². The summed E-state index contributed by atoms with van der Waals surface area (Å²) in [7, 11) is 0. The number of benzene rings is 1. The van der Waals surface area contributed by atoms with Gasteiger partial charge in [0, 0.05) is 0 Å². The summed E-state index contributed by atoms with van der Waals surface area (Å²) in [4.78, 5) is 15.9. The van der Waals surface area contributed by atoms with Crippen LogP contribution in [0.2, 0.25) is 0 Å². The van der Waals surface area contributed by atoms with Crippen molar-refractivity contribution in [2.75, 3.05) is 0 Å². The molecule has 1 heterocycles. The van der Waals surface area contributed by atoms with E-state index in [1.807, 2.05) is 19.9 Å². The maximum absolute atomic E-state index is 11.7. The van der Waals surface area contributed by atoms with E-state index in [1.54, 1.807) is 18.2 Å². The summed E-state index contributed by atoms with van der Waals surface area (Å²) in [5, 5.41) is 0.108. The highest BCUT2D eigenvalue weighted by atomic mass is 35.5. The molecule has 0 saturated heterocycles. The quantitative estimate of drug-likeness (QED) is 0.754. The number of fused-ring (bicyclic) bond motifs is 1. The van der Waals surface area contributed by atoms with Gasteiger partial charge in [-0.1, -0.05) is 26.0 Å². The van der Waals surface area contributed by atoms with Gasteiger partial charge in [-0.25, -0.2) is 9.78 Å². The lowest BCUT2D eigenvalue weighted by atomic mass is 10.1. The molecule has 2 aromatic rings. The van der Waals surface area contributed by atoms with Crippen LogP contribution in [0.4, 0.5) is 0 Å². The second kappa shape index (κ2) is 4.26. The standard InChI is InChI=1S/C12H12ClNO2/c1-7(2)10(13)11-14-9-6-4-3-5-8(9)12(15)16-11/h3-7,10H,1-2H3/t10-/m0/s1. The molecule has 0 amide bonds. The Balaban J connectivity index is 2.63. The Morgan fingerprint density at radius 1 is 1.31 bits per heavy atom. The summed E-state index contributed by atoms with van der Waals surface area (Å²) in [5.74, 6) is 0.457. The van der Waals surface area contributed by atoms with Crippen LogP contribution in [-0.4, -0.2) is 4.98 Å². The SMILES string of the molecule is CC(C)[C@H](Cl)c1nc2ccccc2c(=O)o1. The molecule has 84 valence electrons. The molecule has 4 heteroatoms. The molecule has 1 aromatic heterocycles. The third-order valence-corrected chi connectivity index (χ3v) is 3.06. The van der Waals surface area contributed by atoms with E-state index in [2.05, 4.69) is 4.98 Å². The number of aromatic nitrogens is 1. The summed E-state index contributed by atoms with van der Waals surface area (Å²) >= 11 is 6.12. The molecule has 1 atom stereocenters. The van der Waals surface area contributed by atoms with E-state index in [4.69, 9.17) is 16.0 Å². The molecular formula is C12H12ClNO2. The minimum atomic E-state index is -0.383. The van der Waals surface area contributed by atoms with Crippen LogP contribution in [0.3, 0.4) is 0 Å². The van der Waals surface area contributed by atoms with Crippen molar-refractivity contribution < 1.29 is 4.42 Å². The molecule has 0 fully saturated rings. The highest BCUT2D eigenvalue weighted by Gasteiger charge is 2.18. The minimum Gasteiger partial charge on any atom is -0.406 e. The third-order valence-electron chi connectivity index (χ3n) is 2.37. The van der Waals surface area contributed by atoms with Crippen LogP contribution in [0.25, 0.3) is 10.9 Å². The Kier molecular flexibility index (Phi) is 2.97. The fourth-order valence-electron chi connectivity index (χ4n) is 1.44. The number of para-hydroxylation sites is 1. The van der Waals surface area contributed by atoms with Crippen LogP contribution < -0.4 is 5.63 Å². The van der Waals surface area contributed by atoms with Gasteiger partial charge in [-0.15, -0.1) is 11.6 Å². The fraction of sp³-hybridized carbons (Fsp3) is 0.333. The topological polar surface area (TPSA) is 43.1 Å². The summed E-state index contributed by atoms with van der Waals surface area (Å²) < 4.78 is 5.12. The molecule has 0 N–H and O–H groups in total. The van der Waals surface area contributed by atoms with Crippen LogP contribution in [0, 0.1) is 5.92 Å². The Hall–Kier alpha value is -1.35. The maximum atomic E-state index is 11.7. The van der Waals surface area contributed by atoms with Gasteiger partial charge >= 0.3 is 5.63 Å². The first-order valence-electron chi connectivity index (χ1n) is 5.13. The van der Waals surface area contributed by atoms with E-state index >= 15 is 0 Å². The van der Waals surface area contributed by atoms with Crippen LogP contribution in [0.15, 0.2) is 33.5 Å². The van der Waals surface area contributed by atoms with Crippen molar-refractivity contribution in [2.24, 2.45) is 5.92 Å². The molecule has 3 nitrogen and oxygen atoms in total. The lowest BCUT2D eigenvalue weighted by Crippen LogP contribution is -2.09. The first kappa shape index (κ1) is 11.1. The second-order valence-electron chi connectivity index (χ2n) is 4.00. The van der Waals surface area contributed by atoms with Crippen molar-refractivity contribution in [3.63, 3.8) is 0 Å². The van der Waals surface area contributed by atoms with E-state index < -0.39 is 0 Å². The highest BCUT2D eigenvalue weighted by Crippen LogP contribution is 2.26. The molecule has 16 heavy (non-hydrogen) atoms. The van der Waals surface area contributed by atoms with Crippen LogP contribution in [0.5, 0.6) is 0 Å². The number of nitrogens with zero attached hydrogens (tertiary/aromatic N) is 1. The lowest BCUT2D eigenvalue weighted by molar-refractivity contribution is 0.408. The smallest absolute Gasteiger partial charge is 0.346 e. The number of hydrogen-bond acceptors (Lipinski definition) is 3. The van der Waals surface area contributed by atoms with E-state index in [-0.39, 0.29) is 16.9 Å². The Morgan fingerprint density at radius 3 is 2.69 bits per heavy atom. The van der Waals surface area contributed by atoms with Crippen molar-refractivity contribution in [3.8, 4) is 0 Å². The molecule has 0 aliphatic heterocycles. The predicted octanol–water partition coefficient (Wildman–Crippen LogP) is 3.12. The zero-order chi connectivity index (χ0) is 11.7. The van der Waals surface area contributed by atoms with E-state index in [1.165, 1.54) is 0 Å². The van der Waals surface area contributed by atoms with E-state index in [0.29, 0.717) is 16.8 Å². The first-order chi connectivity index (χ1) is 7.59. The molecular weight excluding hydrogens is 226 g/mol. The molecule has 0 aliphatic rings. The molecule has 0 bridgehead atoms. The molecule has 0 spiro atoms. The molecule has 0 unspecified atom stereocenters. The van der Waals surface area contributed by atoms with Gasteiger partial charge in [0.2, 0.25) is 5.89 Å². The zero-order valence-electron chi connectivity index (χ0n) is 9.11. The molecule has 0 radical (unpaired) electrons. The predicted molar refractivity (Wildman–Crippen MR) is 63.7 cm³/mol. The largest absolute Gasteiger partial charge is 0.406 e. The highest BCUT2D eigenvalue weighted by molar-refractivity contribution is 6.20. The molecule has 1 aromatic carbocycles. The van der Waals surface area contributed by atoms with Crippen LogP contribution in [-0.2, 0) is 0 Å². The zero-order valence-corrected chi connectivity index (χ0v) is 9.86. The molecule has 0 saturated carbocycles. The van der Waals surface area contributed by atoms with Crippen molar-refractivity contribution in [1.82, 2.24) is 4.98 Å². The summed E-state index contributed by atoms with van der Waals surface area (Å²) in [6.45, 7) is 3.91. The number of alkyl halides is 1. The van der Waals surface area contributed by atoms with Gasteiger partial charge in [-0.05, 0) is 18.1 Å². The monoisotopic (exact) mass is 237 g/mol. The van der Waals surface area contributed by atoms with Gasteiger partial charge in [-0.2, -0.15) is 0 Å². The summed E-state index contributed by atoms with van der Waals surface area (Å²) in [5.41, 5.74) is 0.243. The Bertz CT molecular complexity index is 562. The minimum absolute atomic E-state index is 0.165. The van der Waals surface area contributed by atoms with E-state index in [0.717, 1.165) is 0 Å². The maximum Gasteiger partial charge on any atom is 0.346 e. The fourth-order valence-corrected chi connectivity index (χ4v) is 1.53. The summed E-state index contributed by atoms with van der Waals surface area (Å²) in [6, 6.07) is 7.08. The average Bonchev–Trinajstić information content (AvgIpc) is 2.28. The van der Waals surface area contributed by atoms with Crippen molar-refractivity contribution in [3.05, 3.63) is 40.6 Å². The number of halogens is 1. The van der Waals surface area contributed by atoms with Crippen molar-refractivity contribution in [1.29, 1.82) is 0 Å². The lowest BCUT2D eigenvalue weighted by Gasteiger charge is -2.10. The normalized spacial score (nSPS) is 13.2. The second-order valence-corrected chi connectivity index (χ2v) is 4.47. The first-order valence-corrected chi connectivity index (χ1v) is 5.57. The van der Waals surface area contributed by atoms with Crippen molar-refractivity contribution >= 4 is 22.5 Å². The van der Waals surface area contributed by atoms with Gasteiger partial charge in [0.25, 0.3) is 0 Å². The van der Waals surface area contributed by atoms with Crippen molar-refractivity contribution in [2.45, 2.75) is 19.2 Å². The van der Waals surface area contributed by atoms with Gasteiger partial charge in [-0.3, -0.25) is 0 Å². The van der Waals surface area contributed by atoms with Crippen LogP contribution in [0.1, 0.15) is 25.1 Å². The van der Waals surface area contributed by atoms with Gasteiger partial charge in [0.15, 0.2) is 0 Å². The van der Waals surface area contributed by atoms with Gasteiger partial charge < -0.3 is 4.42 Å². The third kappa shape index (κ3) is 1.95. The summed E-state index contributed by atoms with van der Waals surface area (Å²) in [6.07, 6.45) is 0. The molecule has 2 rings (SSSR count). The van der Waals surface area contributed by atoms with E-state index in [9.17, 15) is 4.79 Å². The molecule has 0 aliphatic carbocycles. The Labute approximate surface area is 98.1 Å². The number of hydrogen-bond donors (Lipinski definition) is 0. The van der Waals surface area contributed by atoms with Crippen LogP contribution >= 0.6 is 11.6 Å². The average molecular weight is 238 g/mol. The number of rotatable bonds is 2. The Morgan fingerprint density at radius 2 is 2.00 bits per heavy atom.